The number of fused-ring (bicyclic) bond motifs is 1. The van der Waals surface area contributed by atoms with Crippen LogP contribution in [0, 0.1) is 6.92 Å². The van der Waals surface area contributed by atoms with Gasteiger partial charge in [-0.3, -0.25) is 0 Å². The van der Waals surface area contributed by atoms with Gasteiger partial charge in [0.05, 0.1) is 21.0 Å². The summed E-state index contributed by atoms with van der Waals surface area (Å²) < 4.78 is 0. The second kappa shape index (κ2) is 4.36. The molecule has 2 N–H and O–H groups in total. The fourth-order valence-corrected chi connectivity index (χ4v) is 3.13. The summed E-state index contributed by atoms with van der Waals surface area (Å²) in [5, 5.41) is 11.7. The van der Waals surface area contributed by atoms with Crippen LogP contribution in [0.3, 0.4) is 0 Å². The largest absolute Gasteiger partial charge is 0.478 e. The second-order valence-electron chi connectivity index (χ2n) is 4.15. The van der Waals surface area contributed by atoms with Crippen molar-refractivity contribution < 1.29 is 9.90 Å². The Hall–Kier alpha value is -1.85. The molecule has 2 heterocycles. The van der Waals surface area contributed by atoms with E-state index < -0.39 is 5.97 Å². The molecule has 0 radical (unpaired) electrons. The van der Waals surface area contributed by atoms with E-state index in [0.29, 0.717) is 21.9 Å². The number of nitrogens with zero attached hydrogens (tertiary/aromatic N) is 1. The maximum Gasteiger partial charge on any atom is 0.337 e. The van der Waals surface area contributed by atoms with Crippen molar-refractivity contribution in [1.29, 1.82) is 0 Å². The van der Waals surface area contributed by atoms with E-state index in [1.165, 1.54) is 17.4 Å². The van der Waals surface area contributed by atoms with E-state index in [1.807, 2.05) is 12.3 Å². The van der Waals surface area contributed by atoms with Crippen molar-refractivity contribution in [2.45, 2.75) is 6.92 Å². The Labute approximate surface area is 117 Å². The van der Waals surface area contributed by atoms with Crippen LogP contribution in [-0.2, 0) is 0 Å². The number of benzene rings is 1. The van der Waals surface area contributed by atoms with Gasteiger partial charge in [-0.15, -0.1) is 11.3 Å². The van der Waals surface area contributed by atoms with Crippen LogP contribution in [0.4, 0.5) is 0 Å². The van der Waals surface area contributed by atoms with E-state index in [9.17, 15) is 4.79 Å². The molecule has 19 heavy (non-hydrogen) atoms. The molecule has 0 aliphatic rings. The van der Waals surface area contributed by atoms with Gasteiger partial charge in [-0.05, 0) is 30.0 Å². The zero-order valence-electron chi connectivity index (χ0n) is 9.90. The number of thiophene rings is 1. The summed E-state index contributed by atoms with van der Waals surface area (Å²) >= 11 is 7.69. The number of aromatic nitrogens is 2. The topological polar surface area (TPSA) is 66.0 Å². The predicted molar refractivity (Wildman–Crippen MR) is 76.1 cm³/mol. The Balaban J connectivity index is 2.25. The summed E-state index contributed by atoms with van der Waals surface area (Å²) in [4.78, 5) is 19.5. The molecule has 0 saturated heterocycles. The summed E-state index contributed by atoms with van der Waals surface area (Å²) in [5.74, 6) is -0.385. The molecule has 6 heteroatoms. The molecule has 4 nitrogen and oxygen atoms in total. The highest BCUT2D eigenvalue weighted by molar-refractivity contribution is 7.14. The van der Waals surface area contributed by atoms with Gasteiger partial charge in [0.15, 0.2) is 0 Å². The van der Waals surface area contributed by atoms with Crippen molar-refractivity contribution >= 4 is 39.9 Å². The zero-order chi connectivity index (χ0) is 13.6. The number of carboxylic acid groups (broad SMARTS) is 1. The summed E-state index contributed by atoms with van der Waals surface area (Å²) in [5.41, 5.74) is 2.31. The number of aryl methyl sites for hydroxylation is 1. The lowest BCUT2D eigenvalue weighted by molar-refractivity contribution is 0.0699. The third-order valence-electron chi connectivity index (χ3n) is 2.86. The highest BCUT2D eigenvalue weighted by Crippen LogP contribution is 2.35. The fraction of sp³-hybridized carbons (Fsp3) is 0.0769. The van der Waals surface area contributed by atoms with Gasteiger partial charge < -0.3 is 10.1 Å². The van der Waals surface area contributed by atoms with Crippen LogP contribution in [0.2, 0.25) is 5.02 Å². The van der Waals surface area contributed by atoms with E-state index in [4.69, 9.17) is 16.7 Å². The Morgan fingerprint density at radius 1 is 1.47 bits per heavy atom. The Kier molecular flexibility index (Phi) is 2.80. The van der Waals surface area contributed by atoms with E-state index >= 15 is 0 Å². The maximum atomic E-state index is 11.2. The number of halogens is 1. The third-order valence-corrected chi connectivity index (χ3v) is 4.56. The Morgan fingerprint density at radius 3 is 2.89 bits per heavy atom. The highest BCUT2D eigenvalue weighted by Gasteiger charge is 2.16. The molecule has 0 spiro atoms. The molecule has 1 aromatic carbocycles. The number of para-hydroxylation sites is 1. The zero-order valence-corrected chi connectivity index (χ0v) is 11.5. The molecule has 3 rings (SSSR count). The predicted octanol–water partition coefficient (Wildman–Crippen LogP) is 3.95. The molecule has 0 aliphatic heterocycles. The molecule has 0 atom stereocenters. The average molecular weight is 293 g/mol. The number of aromatic carboxylic acids is 1. The first-order valence-electron chi connectivity index (χ1n) is 5.54. The molecule has 0 saturated carbocycles. The number of aromatic amines is 1. The van der Waals surface area contributed by atoms with Gasteiger partial charge in [-0.25, -0.2) is 9.78 Å². The molecular weight excluding hydrogens is 284 g/mol. The fourth-order valence-electron chi connectivity index (χ4n) is 1.90. The normalized spacial score (nSPS) is 11.1. The minimum Gasteiger partial charge on any atom is -0.478 e. The molecule has 2 aromatic heterocycles. The van der Waals surface area contributed by atoms with Gasteiger partial charge in [-0.2, -0.15) is 0 Å². The van der Waals surface area contributed by atoms with E-state index in [0.717, 1.165) is 10.4 Å². The third kappa shape index (κ3) is 1.91. The van der Waals surface area contributed by atoms with Crippen LogP contribution in [0.1, 0.15) is 15.9 Å². The summed E-state index contributed by atoms with van der Waals surface area (Å²) in [6.45, 7) is 1.92. The van der Waals surface area contributed by atoms with Crippen molar-refractivity contribution in [1.82, 2.24) is 9.97 Å². The monoisotopic (exact) mass is 292 g/mol. The summed E-state index contributed by atoms with van der Waals surface area (Å²) in [7, 11) is 0. The molecular formula is C13H9ClN2O2S. The average Bonchev–Trinajstić information content (AvgIpc) is 2.93. The number of carbonyl (C=O) groups is 1. The van der Waals surface area contributed by atoms with Gasteiger partial charge in [0.2, 0.25) is 0 Å². The summed E-state index contributed by atoms with van der Waals surface area (Å²) in [6.07, 6.45) is 0. The standard InChI is InChI=1S/C13H9ClN2O2S/c1-6-5-19-11(9(6)14)12-15-8-4-2-3-7(13(17)18)10(8)16-12/h2-5H,1H3,(H,15,16)(H,17,18). The lowest BCUT2D eigenvalue weighted by atomic mass is 10.2. The molecule has 0 aliphatic carbocycles. The minimum absolute atomic E-state index is 0.185. The molecule has 0 bridgehead atoms. The number of carboxylic acids is 1. The lowest BCUT2D eigenvalue weighted by Gasteiger charge is -1.93. The van der Waals surface area contributed by atoms with E-state index in [-0.39, 0.29) is 5.56 Å². The van der Waals surface area contributed by atoms with Crippen molar-refractivity contribution in [3.05, 3.63) is 39.7 Å². The van der Waals surface area contributed by atoms with Crippen LogP contribution >= 0.6 is 22.9 Å². The molecule has 0 amide bonds. The van der Waals surface area contributed by atoms with Crippen molar-refractivity contribution in [3.63, 3.8) is 0 Å². The van der Waals surface area contributed by atoms with Gasteiger partial charge in [0.25, 0.3) is 0 Å². The van der Waals surface area contributed by atoms with E-state index in [1.54, 1.807) is 12.1 Å². The van der Waals surface area contributed by atoms with Gasteiger partial charge in [0, 0.05) is 0 Å². The van der Waals surface area contributed by atoms with Gasteiger partial charge in [0.1, 0.15) is 11.3 Å². The quantitative estimate of drug-likeness (QED) is 0.751. The van der Waals surface area contributed by atoms with Gasteiger partial charge >= 0.3 is 5.97 Å². The van der Waals surface area contributed by atoms with E-state index in [2.05, 4.69) is 9.97 Å². The Morgan fingerprint density at radius 2 is 2.26 bits per heavy atom. The van der Waals surface area contributed by atoms with Crippen molar-refractivity contribution in [2.24, 2.45) is 0 Å². The number of hydrogen-bond acceptors (Lipinski definition) is 3. The summed E-state index contributed by atoms with van der Waals surface area (Å²) in [6, 6.07) is 5.03. The SMILES string of the molecule is Cc1csc(-c2nc3c(C(=O)O)cccc3[nH]2)c1Cl. The first-order valence-corrected chi connectivity index (χ1v) is 6.79. The number of H-pyrrole nitrogens is 1. The minimum atomic E-state index is -0.989. The second-order valence-corrected chi connectivity index (χ2v) is 5.41. The van der Waals surface area contributed by atoms with Crippen LogP contribution in [0.5, 0.6) is 0 Å². The molecule has 96 valence electrons. The lowest BCUT2D eigenvalue weighted by Crippen LogP contribution is -1.96. The van der Waals surface area contributed by atoms with Crippen LogP contribution in [0.15, 0.2) is 23.6 Å². The van der Waals surface area contributed by atoms with Crippen LogP contribution in [-0.4, -0.2) is 21.0 Å². The van der Waals surface area contributed by atoms with Crippen molar-refractivity contribution in [2.75, 3.05) is 0 Å². The number of hydrogen-bond donors (Lipinski definition) is 2. The smallest absolute Gasteiger partial charge is 0.337 e. The molecule has 3 aromatic rings. The number of nitrogens with one attached hydrogen (secondary N) is 1. The number of rotatable bonds is 2. The first-order chi connectivity index (χ1) is 9.08. The van der Waals surface area contributed by atoms with Crippen molar-refractivity contribution in [3.8, 4) is 10.7 Å². The van der Waals surface area contributed by atoms with Crippen LogP contribution < -0.4 is 0 Å². The maximum absolute atomic E-state index is 11.2. The number of imidazole rings is 1. The highest BCUT2D eigenvalue weighted by atomic mass is 35.5. The van der Waals surface area contributed by atoms with Gasteiger partial charge in [-0.1, -0.05) is 17.7 Å². The Bertz CT molecular complexity index is 791. The molecule has 0 fully saturated rings. The van der Waals surface area contributed by atoms with Crippen LogP contribution in [0.25, 0.3) is 21.7 Å². The molecule has 0 unspecified atom stereocenters. The first kappa shape index (κ1) is 12.2.